The van der Waals surface area contributed by atoms with Gasteiger partial charge in [-0.05, 0) is 67.4 Å². The molecule has 1 saturated carbocycles. The summed E-state index contributed by atoms with van der Waals surface area (Å²) in [6.45, 7) is 12.1. The van der Waals surface area contributed by atoms with Crippen molar-refractivity contribution in [3.63, 3.8) is 0 Å². The van der Waals surface area contributed by atoms with Gasteiger partial charge in [-0.25, -0.2) is 4.79 Å². The summed E-state index contributed by atoms with van der Waals surface area (Å²) in [5.74, 6) is -0.831. The van der Waals surface area contributed by atoms with E-state index in [1.807, 2.05) is 45.0 Å². The van der Waals surface area contributed by atoms with E-state index in [2.05, 4.69) is 20.8 Å². The maximum atomic E-state index is 12.9. The van der Waals surface area contributed by atoms with Crippen molar-refractivity contribution in [2.75, 3.05) is 0 Å². The first kappa shape index (κ1) is 22.1. The lowest BCUT2D eigenvalue weighted by molar-refractivity contribution is -0.143. The zero-order chi connectivity index (χ0) is 22.7. The predicted molar refractivity (Wildman–Crippen MR) is 118 cm³/mol. The lowest BCUT2D eigenvalue weighted by Crippen LogP contribution is -2.35. The number of carbonyl (C=O) groups excluding carboxylic acids is 2. The molecule has 4 rings (SSSR count). The van der Waals surface area contributed by atoms with Gasteiger partial charge in [0.2, 0.25) is 0 Å². The summed E-state index contributed by atoms with van der Waals surface area (Å²) in [6, 6.07) is 7.56. The molecular weight excluding hydrogens is 392 g/mol. The third kappa shape index (κ3) is 3.82. The molecule has 0 radical (unpaired) electrons. The Morgan fingerprint density at radius 1 is 1.23 bits per heavy atom. The largest absolute Gasteiger partial charge is 0.457 e. The molecule has 6 atom stereocenters. The van der Waals surface area contributed by atoms with Crippen molar-refractivity contribution >= 4 is 11.9 Å². The normalized spacial score (nSPS) is 35.3. The molecule has 2 fully saturated rings. The van der Waals surface area contributed by atoms with Crippen LogP contribution in [0.25, 0.3) is 0 Å². The fourth-order valence-corrected chi connectivity index (χ4v) is 5.52. The molecule has 5 nitrogen and oxygen atoms in total. The summed E-state index contributed by atoms with van der Waals surface area (Å²) in [7, 11) is 0. The van der Waals surface area contributed by atoms with E-state index in [0.29, 0.717) is 18.4 Å². The number of benzene rings is 1. The number of aliphatic hydroxyl groups is 1. The summed E-state index contributed by atoms with van der Waals surface area (Å²) in [6.07, 6.45) is 1.13. The fraction of sp³-hybridized carbons (Fsp3) is 0.615. The molecule has 168 valence electrons. The van der Waals surface area contributed by atoms with E-state index in [9.17, 15) is 14.7 Å². The van der Waals surface area contributed by atoms with Crippen LogP contribution in [0, 0.1) is 17.8 Å². The van der Waals surface area contributed by atoms with Crippen LogP contribution in [0.4, 0.5) is 0 Å². The molecular formula is C26H34O5. The summed E-state index contributed by atoms with van der Waals surface area (Å²) < 4.78 is 11.7. The predicted octanol–water partition coefficient (Wildman–Crippen LogP) is 4.57. The summed E-state index contributed by atoms with van der Waals surface area (Å²) >= 11 is 0. The van der Waals surface area contributed by atoms with Gasteiger partial charge in [0.05, 0.1) is 17.1 Å². The molecule has 5 heteroatoms. The Hall–Kier alpha value is -2.14. The zero-order valence-electron chi connectivity index (χ0n) is 19.4. The quantitative estimate of drug-likeness (QED) is 0.554. The number of rotatable bonds is 2. The molecule has 1 unspecified atom stereocenters. The Bertz CT molecular complexity index is 918. The Morgan fingerprint density at radius 3 is 2.48 bits per heavy atom. The second-order valence-corrected chi connectivity index (χ2v) is 10.9. The number of ether oxygens (including phenoxy) is 2. The van der Waals surface area contributed by atoms with Crippen LogP contribution in [0.15, 0.2) is 35.4 Å². The summed E-state index contributed by atoms with van der Waals surface area (Å²) in [4.78, 5) is 25.1. The van der Waals surface area contributed by atoms with Crippen LogP contribution in [0.3, 0.4) is 0 Å². The Balaban J connectivity index is 1.59. The Morgan fingerprint density at radius 2 is 1.87 bits per heavy atom. The minimum absolute atomic E-state index is 0.0150. The highest BCUT2D eigenvalue weighted by molar-refractivity contribution is 5.89. The van der Waals surface area contributed by atoms with Crippen LogP contribution in [-0.4, -0.2) is 34.9 Å². The lowest BCUT2D eigenvalue weighted by atomic mass is 9.81. The van der Waals surface area contributed by atoms with Gasteiger partial charge in [0.25, 0.3) is 0 Å². The van der Waals surface area contributed by atoms with E-state index in [4.69, 9.17) is 9.47 Å². The van der Waals surface area contributed by atoms with Crippen LogP contribution < -0.4 is 0 Å². The number of hydrogen-bond acceptors (Lipinski definition) is 5. The molecule has 0 aromatic heterocycles. The van der Waals surface area contributed by atoms with E-state index in [1.54, 1.807) is 0 Å². The Kier molecular flexibility index (Phi) is 5.32. The molecule has 1 saturated heterocycles. The maximum absolute atomic E-state index is 12.9. The molecule has 31 heavy (non-hydrogen) atoms. The van der Waals surface area contributed by atoms with Crippen molar-refractivity contribution in [3.05, 3.63) is 46.5 Å². The topological polar surface area (TPSA) is 72.8 Å². The van der Waals surface area contributed by atoms with Gasteiger partial charge < -0.3 is 14.6 Å². The second-order valence-electron chi connectivity index (χ2n) is 10.9. The van der Waals surface area contributed by atoms with Crippen molar-refractivity contribution in [1.29, 1.82) is 0 Å². The molecule has 2 aliphatic carbocycles. The smallest absolute Gasteiger partial charge is 0.338 e. The average molecular weight is 427 g/mol. The van der Waals surface area contributed by atoms with Crippen molar-refractivity contribution in [2.24, 2.45) is 17.8 Å². The molecule has 1 aromatic rings. The van der Waals surface area contributed by atoms with Crippen LogP contribution in [0.2, 0.25) is 0 Å². The summed E-state index contributed by atoms with van der Waals surface area (Å²) in [5.41, 5.74) is 2.66. The van der Waals surface area contributed by atoms with Crippen LogP contribution in [-0.2, 0) is 19.7 Å². The standard InChI is InChI=1S/C26H34O5/c1-14-18-11-12-26(6,29)19-13-20(15(2)21(19)22(18)31-23(14)27)30-24(28)16-7-9-17(10-8-16)25(3,4)5/h7-10,14,18-20,22,29H,11-13H2,1-6H3/t14-,18-,19?,20-,22-,26+/m0/s1. The van der Waals surface area contributed by atoms with E-state index >= 15 is 0 Å². The first-order valence-electron chi connectivity index (χ1n) is 11.3. The van der Waals surface area contributed by atoms with Crippen LogP contribution >= 0.6 is 0 Å². The number of esters is 2. The number of hydrogen-bond donors (Lipinski definition) is 1. The van der Waals surface area contributed by atoms with Crippen molar-refractivity contribution in [3.8, 4) is 0 Å². The molecule has 1 aromatic carbocycles. The Labute approximate surface area is 184 Å². The lowest BCUT2D eigenvalue weighted by Gasteiger charge is -2.31. The van der Waals surface area contributed by atoms with Crippen LogP contribution in [0.5, 0.6) is 0 Å². The van der Waals surface area contributed by atoms with Gasteiger partial charge in [0.1, 0.15) is 12.2 Å². The highest BCUT2D eigenvalue weighted by atomic mass is 16.6. The fourth-order valence-electron chi connectivity index (χ4n) is 5.52. The molecule has 0 bridgehead atoms. The van der Waals surface area contributed by atoms with E-state index in [1.165, 1.54) is 0 Å². The van der Waals surface area contributed by atoms with Gasteiger partial charge >= 0.3 is 11.9 Å². The van der Waals surface area contributed by atoms with E-state index in [0.717, 1.165) is 23.1 Å². The molecule has 1 aliphatic heterocycles. The molecule has 3 aliphatic rings. The molecule has 0 spiro atoms. The van der Waals surface area contributed by atoms with Gasteiger partial charge in [0.15, 0.2) is 0 Å². The second kappa shape index (κ2) is 7.47. The van der Waals surface area contributed by atoms with Crippen molar-refractivity contribution in [1.82, 2.24) is 0 Å². The highest BCUT2D eigenvalue weighted by Crippen LogP contribution is 2.52. The van der Waals surface area contributed by atoms with Gasteiger partial charge in [0, 0.05) is 11.8 Å². The molecule has 1 heterocycles. The summed E-state index contributed by atoms with van der Waals surface area (Å²) in [5, 5.41) is 11.2. The number of fused-ring (bicyclic) bond motifs is 3. The van der Waals surface area contributed by atoms with E-state index in [-0.39, 0.29) is 41.2 Å². The third-order valence-electron chi connectivity index (χ3n) is 7.69. The van der Waals surface area contributed by atoms with Gasteiger partial charge in [-0.3, -0.25) is 4.79 Å². The molecule has 1 N–H and O–H groups in total. The van der Waals surface area contributed by atoms with Crippen LogP contribution in [0.1, 0.15) is 76.7 Å². The SMILES string of the molecule is CC1=C2C(C[C@@H]1OC(=O)c1ccc(C(C)(C)C)cc1)[C@](C)(O)CC[C@H]1[C@H](C)C(=O)O[C@H]21. The third-order valence-corrected chi connectivity index (χ3v) is 7.69. The van der Waals surface area contributed by atoms with Gasteiger partial charge in [-0.15, -0.1) is 0 Å². The maximum Gasteiger partial charge on any atom is 0.338 e. The minimum Gasteiger partial charge on any atom is -0.457 e. The monoisotopic (exact) mass is 426 g/mol. The average Bonchev–Trinajstić information content (AvgIpc) is 3.13. The zero-order valence-corrected chi connectivity index (χ0v) is 19.4. The first-order chi connectivity index (χ1) is 14.4. The van der Waals surface area contributed by atoms with Crippen molar-refractivity contribution < 1.29 is 24.2 Å². The van der Waals surface area contributed by atoms with Crippen molar-refractivity contribution in [2.45, 2.75) is 84.0 Å². The first-order valence-corrected chi connectivity index (χ1v) is 11.3. The van der Waals surface area contributed by atoms with E-state index < -0.39 is 11.7 Å². The van der Waals surface area contributed by atoms with Gasteiger partial charge in [-0.1, -0.05) is 39.8 Å². The highest BCUT2D eigenvalue weighted by Gasteiger charge is 2.55. The molecule has 0 amide bonds. The number of carbonyl (C=O) groups is 2. The van der Waals surface area contributed by atoms with Gasteiger partial charge in [-0.2, -0.15) is 0 Å². The minimum atomic E-state index is -0.914.